The molecule has 156 valence electrons. The van der Waals surface area contributed by atoms with Gasteiger partial charge in [0.25, 0.3) is 0 Å². The van der Waals surface area contributed by atoms with Crippen LogP contribution >= 0.6 is 24.0 Å². The number of benzene rings is 1. The first-order valence-electron chi connectivity index (χ1n) is 10.3. The van der Waals surface area contributed by atoms with E-state index in [1.54, 1.807) is 7.11 Å². The zero-order valence-corrected chi connectivity index (χ0v) is 19.8. The third kappa shape index (κ3) is 4.13. The van der Waals surface area contributed by atoms with Crippen LogP contribution in [0, 0.1) is 11.8 Å². The number of hydrogen-bond donors (Lipinski definition) is 1. The van der Waals surface area contributed by atoms with E-state index in [1.165, 1.54) is 18.4 Å². The summed E-state index contributed by atoms with van der Waals surface area (Å²) in [5.74, 6) is 3.35. The van der Waals surface area contributed by atoms with Gasteiger partial charge in [-0.2, -0.15) is 0 Å². The molecule has 4 rings (SSSR count). The lowest BCUT2D eigenvalue weighted by atomic mass is 9.82. The minimum absolute atomic E-state index is 0. The third-order valence-electron chi connectivity index (χ3n) is 6.58. The van der Waals surface area contributed by atoms with Crippen LogP contribution < -0.4 is 10.1 Å². The maximum Gasteiger partial charge on any atom is 0.193 e. The molecule has 0 radical (unpaired) electrons. The Hall–Kier alpha value is -1.02. The van der Waals surface area contributed by atoms with Crippen LogP contribution in [0.3, 0.4) is 0 Å². The second-order valence-electron chi connectivity index (χ2n) is 8.81. The number of rotatable bonds is 5. The summed E-state index contributed by atoms with van der Waals surface area (Å²) in [5.41, 5.74) is 1.26. The molecular formula is C22H34IN3O2. The van der Waals surface area contributed by atoms with Gasteiger partial charge in [0.1, 0.15) is 5.75 Å². The van der Waals surface area contributed by atoms with Gasteiger partial charge in [0, 0.05) is 36.9 Å². The molecule has 4 atom stereocenters. The van der Waals surface area contributed by atoms with Gasteiger partial charge >= 0.3 is 0 Å². The molecule has 0 saturated carbocycles. The van der Waals surface area contributed by atoms with E-state index in [0.717, 1.165) is 37.9 Å². The van der Waals surface area contributed by atoms with Crippen LogP contribution in [0.25, 0.3) is 0 Å². The van der Waals surface area contributed by atoms with E-state index in [0.29, 0.717) is 24.0 Å². The molecule has 5 nitrogen and oxygen atoms in total. The lowest BCUT2D eigenvalue weighted by Gasteiger charge is -2.27. The van der Waals surface area contributed by atoms with Crippen molar-refractivity contribution >= 4 is 29.9 Å². The molecule has 0 aliphatic carbocycles. The van der Waals surface area contributed by atoms with Crippen molar-refractivity contribution in [3.05, 3.63) is 29.8 Å². The Labute approximate surface area is 186 Å². The summed E-state index contributed by atoms with van der Waals surface area (Å²) < 4.78 is 11.4. The van der Waals surface area contributed by atoms with Crippen LogP contribution in [0.5, 0.6) is 5.75 Å². The van der Waals surface area contributed by atoms with Gasteiger partial charge < -0.3 is 19.7 Å². The topological polar surface area (TPSA) is 46.1 Å². The van der Waals surface area contributed by atoms with E-state index in [2.05, 4.69) is 43.1 Å². The van der Waals surface area contributed by atoms with Crippen LogP contribution in [0.2, 0.25) is 0 Å². The number of likely N-dealkylation sites (tertiary alicyclic amines) is 1. The second-order valence-corrected chi connectivity index (χ2v) is 8.81. The quantitative estimate of drug-likeness (QED) is 0.382. The molecule has 3 heterocycles. The fourth-order valence-electron chi connectivity index (χ4n) is 4.96. The standard InChI is InChI=1S/C22H33N3O2.HI/c1-5-23-21(25-12-17-18(13-25)20-11-10-19(17)27-20)24-14-22(2,3)15-6-8-16(26-4)9-7-15;/h6-9,17-20H,5,10-14H2,1-4H3,(H,23,24);1H. The minimum atomic E-state index is -0.0231. The normalized spacial score (nSPS) is 28.9. The Morgan fingerprint density at radius 3 is 2.32 bits per heavy atom. The molecule has 0 spiro atoms. The number of fused-ring (bicyclic) bond motifs is 5. The minimum Gasteiger partial charge on any atom is -0.497 e. The summed E-state index contributed by atoms with van der Waals surface area (Å²) >= 11 is 0. The lowest BCUT2D eigenvalue weighted by molar-refractivity contribution is 0.0767. The molecule has 2 bridgehead atoms. The van der Waals surface area contributed by atoms with Crippen molar-refractivity contribution in [2.45, 2.75) is 51.2 Å². The molecule has 0 aromatic heterocycles. The summed E-state index contributed by atoms with van der Waals surface area (Å²) in [6, 6.07) is 8.36. The van der Waals surface area contributed by atoms with Gasteiger partial charge in [0.2, 0.25) is 0 Å². The molecular weight excluding hydrogens is 465 g/mol. The van der Waals surface area contributed by atoms with E-state index >= 15 is 0 Å². The zero-order chi connectivity index (χ0) is 19.0. The van der Waals surface area contributed by atoms with Crippen molar-refractivity contribution in [2.75, 3.05) is 33.3 Å². The summed E-state index contributed by atoms with van der Waals surface area (Å²) in [6.07, 6.45) is 3.47. The highest BCUT2D eigenvalue weighted by Crippen LogP contribution is 2.47. The Bertz CT molecular complexity index is 674. The number of halogens is 1. The first-order valence-corrected chi connectivity index (χ1v) is 10.3. The average molecular weight is 499 g/mol. The van der Waals surface area contributed by atoms with Crippen molar-refractivity contribution in [1.82, 2.24) is 10.2 Å². The first kappa shape index (κ1) is 21.7. The van der Waals surface area contributed by atoms with Crippen molar-refractivity contribution in [3.8, 4) is 5.75 Å². The molecule has 1 N–H and O–H groups in total. The van der Waals surface area contributed by atoms with Crippen LogP contribution in [-0.4, -0.2) is 56.4 Å². The zero-order valence-electron chi connectivity index (χ0n) is 17.5. The Morgan fingerprint density at radius 1 is 1.18 bits per heavy atom. The van der Waals surface area contributed by atoms with Crippen LogP contribution in [0.15, 0.2) is 29.3 Å². The van der Waals surface area contributed by atoms with Gasteiger partial charge in [-0.25, -0.2) is 0 Å². The summed E-state index contributed by atoms with van der Waals surface area (Å²) in [5, 5.41) is 3.52. The highest BCUT2D eigenvalue weighted by molar-refractivity contribution is 14.0. The average Bonchev–Trinajstić information content (AvgIpc) is 3.38. The summed E-state index contributed by atoms with van der Waals surface area (Å²) in [6.45, 7) is 10.5. The molecule has 3 saturated heterocycles. The third-order valence-corrected chi connectivity index (χ3v) is 6.58. The predicted octanol–water partition coefficient (Wildman–Crippen LogP) is 3.67. The van der Waals surface area contributed by atoms with E-state index in [-0.39, 0.29) is 29.4 Å². The summed E-state index contributed by atoms with van der Waals surface area (Å²) in [4.78, 5) is 7.51. The van der Waals surface area contributed by atoms with Crippen molar-refractivity contribution in [3.63, 3.8) is 0 Å². The monoisotopic (exact) mass is 499 g/mol. The molecule has 3 fully saturated rings. The van der Waals surface area contributed by atoms with Crippen molar-refractivity contribution in [2.24, 2.45) is 16.8 Å². The van der Waals surface area contributed by atoms with Crippen molar-refractivity contribution < 1.29 is 9.47 Å². The fraction of sp³-hybridized carbons (Fsp3) is 0.682. The lowest BCUT2D eigenvalue weighted by Crippen LogP contribution is -2.42. The fourth-order valence-corrected chi connectivity index (χ4v) is 4.96. The van der Waals surface area contributed by atoms with Crippen molar-refractivity contribution in [1.29, 1.82) is 0 Å². The van der Waals surface area contributed by atoms with Gasteiger partial charge in [-0.05, 0) is 37.5 Å². The molecule has 4 unspecified atom stereocenters. The molecule has 28 heavy (non-hydrogen) atoms. The predicted molar refractivity (Wildman–Crippen MR) is 124 cm³/mol. The first-order chi connectivity index (χ1) is 13.0. The molecule has 1 aromatic rings. The molecule has 0 amide bonds. The second kappa shape index (κ2) is 8.78. The number of methoxy groups -OCH3 is 1. The maximum absolute atomic E-state index is 6.12. The Morgan fingerprint density at radius 2 is 1.79 bits per heavy atom. The van der Waals surface area contributed by atoms with Gasteiger partial charge in [-0.1, -0.05) is 26.0 Å². The van der Waals surface area contributed by atoms with E-state index < -0.39 is 0 Å². The Balaban J connectivity index is 0.00000225. The van der Waals surface area contributed by atoms with Gasteiger partial charge in [0.15, 0.2) is 5.96 Å². The maximum atomic E-state index is 6.12. The number of nitrogens with one attached hydrogen (secondary N) is 1. The number of nitrogens with zero attached hydrogens (tertiary/aromatic N) is 2. The van der Waals surface area contributed by atoms with Gasteiger partial charge in [0.05, 0.1) is 25.9 Å². The smallest absolute Gasteiger partial charge is 0.193 e. The molecule has 1 aromatic carbocycles. The SMILES string of the molecule is CCNC(=NCC(C)(C)c1ccc(OC)cc1)N1CC2C3CCC(O3)C2C1.I. The van der Waals surface area contributed by atoms with Crippen LogP contribution in [0.4, 0.5) is 0 Å². The van der Waals surface area contributed by atoms with E-state index in [4.69, 9.17) is 14.5 Å². The number of aliphatic imine (C=N–C) groups is 1. The van der Waals surface area contributed by atoms with E-state index in [9.17, 15) is 0 Å². The molecule has 3 aliphatic heterocycles. The highest BCUT2D eigenvalue weighted by atomic mass is 127. The summed E-state index contributed by atoms with van der Waals surface area (Å²) in [7, 11) is 1.70. The Kier molecular flexibility index (Phi) is 6.80. The molecule has 6 heteroatoms. The van der Waals surface area contributed by atoms with Crippen LogP contribution in [0.1, 0.15) is 39.2 Å². The largest absolute Gasteiger partial charge is 0.497 e. The number of ether oxygens (including phenoxy) is 2. The number of hydrogen-bond acceptors (Lipinski definition) is 3. The number of guanidine groups is 1. The molecule has 3 aliphatic rings. The van der Waals surface area contributed by atoms with E-state index in [1.807, 2.05) is 12.1 Å². The van der Waals surface area contributed by atoms with Crippen LogP contribution in [-0.2, 0) is 10.2 Å². The highest BCUT2D eigenvalue weighted by Gasteiger charge is 2.53. The van der Waals surface area contributed by atoms with Gasteiger partial charge in [-0.3, -0.25) is 4.99 Å². The van der Waals surface area contributed by atoms with Gasteiger partial charge in [-0.15, -0.1) is 24.0 Å².